The number of carbonyl (C=O) groups excluding carboxylic acids is 2. The summed E-state index contributed by atoms with van der Waals surface area (Å²) in [5, 5.41) is 0.952. The summed E-state index contributed by atoms with van der Waals surface area (Å²) in [6.07, 6.45) is 1.88. The minimum atomic E-state index is -0.899. The van der Waals surface area contributed by atoms with Crippen molar-refractivity contribution >= 4 is 22.5 Å². The Labute approximate surface area is 191 Å². The minimum absolute atomic E-state index is 0.181. The molecule has 0 aliphatic heterocycles. The average Bonchev–Trinajstić information content (AvgIpc) is 3.39. The second-order valence-electron chi connectivity index (χ2n) is 7.98. The lowest BCUT2D eigenvalue weighted by Gasteiger charge is -2.24. The van der Waals surface area contributed by atoms with Gasteiger partial charge >= 0.3 is 0 Å². The van der Waals surface area contributed by atoms with E-state index >= 15 is 0 Å². The van der Waals surface area contributed by atoms with Crippen molar-refractivity contribution < 1.29 is 23.8 Å². The lowest BCUT2D eigenvalue weighted by molar-refractivity contribution is 0.0825. The van der Waals surface area contributed by atoms with Gasteiger partial charge in [-0.3, -0.25) is 9.59 Å². The van der Waals surface area contributed by atoms with Crippen molar-refractivity contribution in [3.63, 3.8) is 0 Å². The predicted octanol–water partition coefficient (Wildman–Crippen LogP) is 5.02. The minimum Gasteiger partial charge on any atom is -0.493 e. The zero-order valence-electron chi connectivity index (χ0n) is 18.5. The first-order valence-electron chi connectivity index (χ1n) is 10.6. The number of ketones is 2. The van der Waals surface area contributed by atoms with Crippen LogP contribution in [0.2, 0.25) is 0 Å². The lowest BCUT2D eigenvalue weighted by Crippen LogP contribution is -2.25. The lowest BCUT2D eigenvalue weighted by atomic mass is 9.78. The molecule has 1 atom stereocenters. The molecule has 0 spiro atoms. The number of para-hydroxylation sites is 1. The number of benzene rings is 3. The van der Waals surface area contributed by atoms with E-state index in [0.717, 1.165) is 22.0 Å². The Morgan fingerprint density at radius 1 is 0.788 bits per heavy atom. The van der Waals surface area contributed by atoms with Gasteiger partial charge in [0.15, 0.2) is 23.1 Å². The summed E-state index contributed by atoms with van der Waals surface area (Å²) in [5.41, 5.74) is 3.45. The maximum Gasteiger partial charge on any atom is 0.203 e. The van der Waals surface area contributed by atoms with Crippen LogP contribution in [-0.4, -0.2) is 37.9 Å². The second kappa shape index (κ2) is 8.13. The van der Waals surface area contributed by atoms with E-state index < -0.39 is 11.8 Å². The highest BCUT2D eigenvalue weighted by Gasteiger charge is 2.45. The van der Waals surface area contributed by atoms with E-state index in [2.05, 4.69) is 4.98 Å². The van der Waals surface area contributed by atoms with Crippen molar-refractivity contribution in [3.8, 4) is 17.2 Å². The van der Waals surface area contributed by atoms with Gasteiger partial charge in [0, 0.05) is 34.1 Å². The Hall–Kier alpha value is -4.06. The molecule has 0 amide bonds. The van der Waals surface area contributed by atoms with Gasteiger partial charge in [0.2, 0.25) is 5.75 Å². The summed E-state index contributed by atoms with van der Waals surface area (Å²) < 4.78 is 16.6. The Morgan fingerprint density at radius 2 is 1.36 bits per heavy atom. The first-order valence-corrected chi connectivity index (χ1v) is 10.6. The van der Waals surface area contributed by atoms with Crippen LogP contribution in [-0.2, 0) is 0 Å². The number of hydrogen-bond acceptors (Lipinski definition) is 5. The molecular formula is C27H23NO5. The van der Waals surface area contributed by atoms with Gasteiger partial charge in [0.25, 0.3) is 0 Å². The molecule has 1 heterocycles. The van der Waals surface area contributed by atoms with Crippen LogP contribution in [0.4, 0.5) is 0 Å². The zero-order valence-corrected chi connectivity index (χ0v) is 18.5. The molecule has 1 aliphatic rings. The highest BCUT2D eigenvalue weighted by atomic mass is 16.5. The van der Waals surface area contributed by atoms with Crippen LogP contribution in [0.5, 0.6) is 17.2 Å². The third-order valence-electron chi connectivity index (χ3n) is 6.36. The molecule has 5 rings (SSSR count). The number of fused-ring (bicyclic) bond motifs is 2. The molecule has 0 fully saturated rings. The van der Waals surface area contributed by atoms with Gasteiger partial charge in [-0.05, 0) is 29.3 Å². The third kappa shape index (κ3) is 3.18. The molecule has 0 radical (unpaired) electrons. The van der Waals surface area contributed by atoms with E-state index in [1.54, 1.807) is 38.5 Å². The Kier molecular flexibility index (Phi) is 5.13. The molecule has 1 aromatic heterocycles. The van der Waals surface area contributed by atoms with Crippen LogP contribution in [0.15, 0.2) is 66.9 Å². The van der Waals surface area contributed by atoms with Crippen LogP contribution < -0.4 is 14.2 Å². The molecule has 6 nitrogen and oxygen atoms in total. The van der Waals surface area contributed by atoms with Crippen LogP contribution in [0.3, 0.4) is 0 Å². The van der Waals surface area contributed by atoms with E-state index in [4.69, 9.17) is 14.2 Å². The van der Waals surface area contributed by atoms with Gasteiger partial charge in [0.1, 0.15) is 0 Å². The molecule has 1 aliphatic carbocycles. The third-order valence-corrected chi connectivity index (χ3v) is 6.36. The molecule has 166 valence electrons. The second-order valence-corrected chi connectivity index (χ2v) is 7.98. The number of aromatic amines is 1. The van der Waals surface area contributed by atoms with Crippen molar-refractivity contribution in [3.05, 3.63) is 89.1 Å². The highest BCUT2D eigenvalue weighted by molar-refractivity contribution is 6.27. The number of hydrogen-bond donors (Lipinski definition) is 1. The standard InChI is InChI=1S/C27H23NO5/c1-31-21-12-15(13-22(32-2)27(21)33-3)23(19-14-28-20-11-7-6-8-16(19)20)24-25(29)17-9-4-5-10-18(17)26(24)30/h4-14,23-24,28H,1-3H3. The summed E-state index contributed by atoms with van der Waals surface area (Å²) in [4.78, 5) is 30.4. The quantitative estimate of drug-likeness (QED) is 0.425. The van der Waals surface area contributed by atoms with Gasteiger partial charge in [0.05, 0.1) is 27.2 Å². The van der Waals surface area contributed by atoms with Gasteiger partial charge in [-0.15, -0.1) is 0 Å². The predicted molar refractivity (Wildman–Crippen MR) is 125 cm³/mol. The smallest absolute Gasteiger partial charge is 0.203 e. The van der Waals surface area contributed by atoms with E-state index in [1.165, 1.54) is 7.11 Å². The van der Waals surface area contributed by atoms with Crippen molar-refractivity contribution in [1.82, 2.24) is 4.98 Å². The van der Waals surface area contributed by atoms with E-state index in [0.29, 0.717) is 28.4 Å². The first kappa shape index (κ1) is 20.8. The number of carbonyl (C=O) groups is 2. The molecule has 1 N–H and O–H groups in total. The zero-order chi connectivity index (χ0) is 23.1. The van der Waals surface area contributed by atoms with Crippen LogP contribution in [0.1, 0.15) is 37.8 Å². The Morgan fingerprint density at radius 3 is 1.94 bits per heavy atom. The first-order chi connectivity index (χ1) is 16.1. The molecule has 1 unspecified atom stereocenters. The molecular weight excluding hydrogens is 418 g/mol. The molecule has 33 heavy (non-hydrogen) atoms. The highest BCUT2D eigenvalue weighted by Crippen LogP contribution is 2.47. The fourth-order valence-corrected chi connectivity index (χ4v) is 4.85. The van der Waals surface area contributed by atoms with Gasteiger partial charge in [-0.2, -0.15) is 0 Å². The summed E-state index contributed by atoms with van der Waals surface area (Å²) in [5.74, 6) is -0.432. The van der Waals surface area contributed by atoms with E-state index in [-0.39, 0.29) is 11.6 Å². The molecule has 4 aromatic rings. The van der Waals surface area contributed by atoms with Crippen LogP contribution >= 0.6 is 0 Å². The van der Waals surface area contributed by atoms with Crippen molar-refractivity contribution in [2.45, 2.75) is 5.92 Å². The van der Waals surface area contributed by atoms with Crippen molar-refractivity contribution in [2.24, 2.45) is 5.92 Å². The summed E-state index contributed by atoms with van der Waals surface area (Å²) in [6.45, 7) is 0. The number of nitrogens with one attached hydrogen (secondary N) is 1. The van der Waals surface area contributed by atoms with E-state index in [1.807, 2.05) is 42.6 Å². The fraction of sp³-hybridized carbons (Fsp3) is 0.185. The number of rotatable bonds is 6. The summed E-state index contributed by atoms with van der Waals surface area (Å²) >= 11 is 0. The summed E-state index contributed by atoms with van der Waals surface area (Å²) in [7, 11) is 4.63. The number of H-pyrrole nitrogens is 1. The van der Waals surface area contributed by atoms with Crippen molar-refractivity contribution in [1.29, 1.82) is 0 Å². The largest absolute Gasteiger partial charge is 0.493 e. The van der Waals surface area contributed by atoms with Gasteiger partial charge < -0.3 is 19.2 Å². The number of Topliss-reactive ketones (excluding diaryl/α,β-unsaturated/α-hetero) is 2. The SMILES string of the molecule is COc1cc(C(c2c[nH]c3ccccc23)C2C(=O)c3ccccc3C2=O)cc(OC)c1OC. The molecule has 0 bridgehead atoms. The monoisotopic (exact) mass is 441 g/mol. The van der Waals surface area contributed by atoms with E-state index in [9.17, 15) is 9.59 Å². The summed E-state index contributed by atoms with van der Waals surface area (Å²) in [6, 6.07) is 18.5. The topological polar surface area (TPSA) is 77.6 Å². The number of methoxy groups -OCH3 is 3. The Bertz CT molecular complexity index is 1330. The maximum absolute atomic E-state index is 13.6. The average molecular weight is 441 g/mol. The van der Waals surface area contributed by atoms with Gasteiger partial charge in [-0.25, -0.2) is 0 Å². The molecule has 0 saturated carbocycles. The van der Waals surface area contributed by atoms with Crippen molar-refractivity contribution in [2.75, 3.05) is 21.3 Å². The molecule has 0 saturated heterocycles. The number of ether oxygens (including phenoxy) is 3. The fourth-order valence-electron chi connectivity index (χ4n) is 4.85. The maximum atomic E-state index is 13.6. The normalized spacial score (nSPS) is 14.4. The van der Waals surface area contributed by atoms with Gasteiger partial charge in [-0.1, -0.05) is 42.5 Å². The Balaban J connectivity index is 1.77. The molecule has 3 aromatic carbocycles. The molecule has 6 heteroatoms. The number of aromatic nitrogens is 1. The van der Waals surface area contributed by atoms with Crippen LogP contribution in [0.25, 0.3) is 10.9 Å². The van der Waals surface area contributed by atoms with Crippen LogP contribution in [0, 0.1) is 5.92 Å².